The molecule has 0 fully saturated rings. The Balaban J connectivity index is 2.07. The first kappa shape index (κ1) is 14.0. The maximum absolute atomic E-state index is 6.17. The maximum atomic E-state index is 6.17. The van der Waals surface area contributed by atoms with Crippen molar-refractivity contribution in [3.63, 3.8) is 0 Å². The van der Waals surface area contributed by atoms with E-state index < -0.39 is 0 Å². The summed E-state index contributed by atoms with van der Waals surface area (Å²) in [6.07, 6.45) is 0.782. The average Bonchev–Trinajstić information content (AvgIpc) is 2.89. The normalized spacial score (nSPS) is 12.9. The first-order valence-corrected chi connectivity index (χ1v) is 6.75. The number of hydrogen-bond acceptors (Lipinski definition) is 4. The second kappa shape index (κ2) is 6.17. The molecule has 0 aliphatic carbocycles. The number of nitrogens with zero attached hydrogens (tertiary/aromatic N) is 3. The largest absolute Gasteiger partial charge is 0.338 e. The van der Waals surface area contributed by atoms with Gasteiger partial charge in [0, 0.05) is 18.0 Å². The quantitative estimate of drug-likeness (QED) is 0.840. The zero-order valence-electron chi connectivity index (χ0n) is 11.4. The minimum absolute atomic E-state index is 0.0593. The van der Waals surface area contributed by atoms with Gasteiger partial charge in [-0.1, -0.05) is 41.9 Å². The SMILES string of the molecule is CCc1noc(C(C)N(C)Cc2ccccc2Cl)n1. The maximum Gasteiger partial charge on any atom is 0.243 e. The molecule has 0 saturated heterocycles. The highest BCUT2D eigenvalue weighted by atomic mass is 35.5. The van der Waals surface area contributed by atoms with E-state index in [-0.39, 0.29) is 6.04 Å². The van der Waals surface area contributed by atoms with Gasteiger partial charge >= 0.3 is 0 Å². The van der Waals surface area contributed by atoms with Crippen molar-refractivity contribution in [2.75, 3.05) is 7.05 Å². The predicted molar refractivity (Wildman–Crippen MR) is 75.0 cm³/mol. The molecule has 1 heterocycles. The lowest BCUT2D eigenvalue weighted by atomic mass is 10.2. The molecule has 0 saturated carbocycles. The van der Waals surface area contributed by atoms with Gasteiger partial charge in [-0.05, 0) is 25.6 Å². The molecule has 0 spiro atoms. The van der Waals surface area contributed by atoms with Crippen LogP contribution in [0.2, 0.25) is 5.02 Å². The molecular formula is C14H18ClN3O. The van der Waals surface area contributed by atoms with Gasteiger partial charge in [-0.15, -0.1) is 0 Å². The van der Waals surface area contributed by atoms with Crippen LogP contribution in [0.1, 0.15) is 37.2 Å². The minimum atomic E-state index is 0.0593. The van der Waals surface area contributed by atoms with Crippen molar-refractivity contribution in [3.8, 4) is 0 Å². The Bertz CT molecular complexity index is 541. The van der Waals surface area contributed by atoms with Crippen LogP contribution in [-0.2, 0) is 13.0 Å². The van der Waals surface area contributed by atoms with Crippen LogP contribution in [0.25, 0.3) is 0 Å². The van der Waals surface area contributed by atoms with Crippen molar-refractivity contribution in [3.05, 3.63) is 46.6 Å². The highest BCUT2D eigenvalue weighted by Crippen LogP contribution is 2.22. The van der Waals surface area contributed by atoms with Gasteiger partial charge in [-0.2, -0.15) is 4.98 Å². The molecule has 0 bridgehead atoms. The number of hydrogen-bond donors (Lipinski definition) is 0. The Hall–Kier alpha value is -1.39. The summed E-state index contributed by atoms with van der Waals surface area (Å²) >= 11 is 6.17. The van der Waals surface area contributed by atoms with Gasteiger partial charge in [-0.25, -0.2) is 0 Å². The zero-order chi connectivity index (χ0) is 13.8. The lowest BCUT2D eigenvalue weighted by Gasteiger charge is -2.22. The summed E-state index contributed by atoms with van der Waals surface area (Å²) in [5.41, 5.74) is 1.09. The highest BCUT2D eigenvalue weighted by molar-refractivity contribution is 6.31. The Labute approximate surface area is 118 Å². The van der Waals surface area contributed by atoms with Crippen molar-refractivity contribution in [1.82, 2.24) is 15.0 Å². The molecule has 5 heteroatoms. The average molecular weight is 280 g/mol. The Morgan fingerprint density at radius 3 is 2.74 bits per heavy atom. The third kappa shape index (κ3) is 3.33. The molecule has 1 atom stereocenters. The van der Waals surface area contributed by atoms with Gasteiger partial charge in [0.05, 0.1) is 6.04 Å². The summed E-state index contributed by atoms with van der Waals surface area (Å²) in [6, 6.07) is 7.90. The molecule has 1 aromatic heterocycles. The molecule has 0 N–H and O–H groups in total. The van der Waals surface area contributed by atoms with E-state index in [9.17, 15) is 0 Å². The van der Waals surface area contributed by atoms with E-state index in [1.54, 1.807) is 0 Å². The third-order valence-electron chi connectivity index (χ3n) is 3.20. The first-order valence-electron chi connectivity index (χ1n) is 6.38. The molecule has 19 heavy (non-hydrogen) atoms. The summed E-state index contributed by atoms with van der Waals surface area (Å²) in [5, 5.41) is 4.70. The van der Waals surface area contributed by atoms with Crippen molar-refractivity contribution < 1.29 is 4.52 Å². The predicted octanol–water partition coefficient (Wildman–Crippen LogP) is 3.48. The molecule has 2 rings (SSSR count). The van der Waals surface area contributed by atoms with E-state index in [0.717, 1.165) is 29.4 Å². The van der Waals surface area contributed by atoms with Crippen molar-refractivity contribution in [2.45, 2.75) is 32.9 Å². The van der Waals surface area contributed by atoms with Crippen LogP contribution in [-0.4, -0.2) is 22.1 Å². The smallest absolute Gasteiger partial charge is 0.243 e. The highest BCUT2D eigenvalue weighted by Gasteiger charge is 2.19. The molecule has 0 amide bonds. The molecule has 0 aliphatic heterocycles. The van der Waals surface area contributed by atoms with Crippen LogP contribution in [0, 0.1) is 0 Å². The number of benzene rings is 1. The summed E-state index contributed by atoms with van der Waals surface area (Å²) in [6.45, 7) is 4.79. The molecule has 1 aromatic carbocycles. The van der Waals surface area contributed by atoms with E-state index in [2.05, 4.69) is 15.0 Å². The summed E-state index contributed by atoms with van der Waals surface area (Å²) in [7, 11) is 2.02. The third-order valence-corrected chi connectivity index (χ3v) is 3.56. The Morgan fingerprint density at radius 2 is 2.11 bits per heavy atom. The minimum Gasteiger partial charge on any atom is -0.338 e. The standard InChI is InChI=1S/C14H18ClN3O/c1-4-13-16-14(19-17-13)10(2)18(3)9-11-7-5-6-8-12(11)15/h5-8,10H,4,9H2,1-3H3. The number of aromatic nitrogens is 2. The fourth-order valence-electron chi connectivity index (χ4n) is 1.80. The van der Waals surface area contributed by atoms with Crippen LogP contribution in [0.5, 0.6) is 0 Å². The number of rotatable bonds is 5. The van der Waals surface area contributed by atoms with Gasteiger partial charge in [0.1, 0.15) is 0 Å². The van der Waals surface area contributed by atoms with E-state index in [1.807, 2.05) is 45.2 Å². The van der Waals surface area contributed by atoms with Crippen LogP contribution < -0.4 is 0 Å². The van der Waals surface area contributed by atoms with Crippen LogP contribution in [0.3, 0.4) is 0 Å². The zero-order valence-corrected chi connectivity index (χ0v) is 12.2. The van der Waals surface area contributed by atoms with Gasteiger partial charge in [0.25, 0.3) is 0 Å². The van der Waals surface area contributed by atoms with E-state index >= 15 is 0 Å². The fourth-order valence-corrected chi connectivity index (χ4v) is 2.00. The number of aryl methyl sites for hydroxylation is 1. The van der Waals surface area contributed by atoms with E-state index in [0.29, 0.717) is 5.89 Å². The molecule has 0 radical (unpaired) electrons. The molecular weight excluding hydrogens is 262 g/mol. The van der Waals surface area contributed by atoms with Gasteiger partial charge < -0.3 is 4.52 Å². The topological polar surface area (TPSA) is 42.2 Å². The van der Waals surface area contributed by atoms with E-state index in [1.165, 1.54) is 0 Å². The lowest BCUT2D eigenvalue weighted by molar-refractivity contribution is 0.202. The fraction of sp³-hybridized carbons (Fsp3) is 0.429. The van der Waals surface area contributed by atoms with Gasteiger partial charge in [0.2, 0.25) is 5.89 Å². The molecule has 2 aromatic rings. The van der Waals surface area contributed by atoms with Crippen LogP contribution in [0.15, 0.2) is 28.8 Å². The second-order valence-electron chi connectivity index (χ2n) is 4.58. The summed E-state index contributed by atoms with van der Waals surface area (Å²) in [5.74, 6) is 1.39. The monoisotopic (exact) mass is 279 g/mol. The van der Waals surface area contributed by atoms with Crippen molar-refractivity contribution >= 4 is 11.6 Å². The summed E-state index contributed by atoms with van der Waals surface area (Å²) < 4.78 is 5.27. The lowest BCUT2D eigenvalue weighted by Crippen LogP contribution is -2.22. The van der Waals surface area contributed by atoms with Crippen molar-refractivity contribution in [1.29, 1.82) is 0 Å². The van der Waals surface area contributed by atoms with Crippen LogP contribution in [0.4, 0.5) is 0 Å². The number of halogens is 1. The van der Waals surface area contributed by atoms with Gasteiger partial charge in [-0.3, -0.25) is 4.90 Å². The van der Waals surface area contributed by atoms with E-state index in [4.69, 9.17) is 16.1 Å². The Morgan fingerprint density at radius 1 is 1.37 bits per heavy atom. The second-order valence-corrected chi connectivity index (χ2v) is 4.99. The first-order chi connectivity index (χ1) is 9.11. The molecule has 102 valence electrons. The molecule has 0 aliphatic rings. The van der Waals surface area contributed by atoms with Gasteiger partial charge in [0.15, 0.2) is 5.82 Å². The van der Waals surface area contributed by atoms with Crippen molar-refractivity contribution in [2.24, 2.45) is 0 Å². The summed E-state index contributed by atoms with van der Waals surface area (Å²) in [4.78, 5) is 6.49. The molecule has 1 unspecified atom stereocenters. The van der Waals surface area contributed by atoms with Crippen LogP contribution >= 0.6 is 11.6 Å². The molecule has 4 nitrogen and oxygen atoms in total. The Kier molecular flexibility index (Phi) is 4.56.